The molecule has 0 radical (unpaired) electrons. The number of rotatable bonds is 7. The number of carboxylic acids is 1. The highest BCUT2D eigenvalue weighted by Gasteiger charge is 2.39. The third-order valence-corrected chi connectivity index (χ3v) is 24.8. The third kappa shape index (κ3) is 9.97. The van der Waals surface area contributed by atoms with Gasteiger partial charge in [-0.2, -0.15) is 0 Å². The fraction of sp³-hybridized carbons (Fsp3) is 0.667. The van der Waals surface area contributed by atoms with Crippen LogP contribution in [0.5, 0.6) is 0 Å². The fourth-order valence-corrected chi connectivity index (χ4v) is 21.6. The van der Waals surface area contributed by atoms with Gasteiger partial charge >= 0.3 is 5.97 Å². The summed E-state index contributed by atoms with van der Waals surface area (Å²) in [6.07, 6.45) is 14.0. The third-order valence-electron chi connectivity index (χ3n) is 11.8. The minimum absolute atomic E-state index is 0.0183. The highest BCUT2D eigenvalue weighted by Crippen LogP contribution is 2.42. The molecule has 4 aromatic heterocycles. The second kappa shape index (κ2) is 17.6. The molecule has 51 heavy (non-hydrogen) atoms. The van der Waals surface area contributed by atoms with Gasteiger partial charge in [-0.15, -0.1) is 22.7 Å². The van der Waals surface area contributed by atoms with Crippen molar-refractivity contribution < 1.29 is 24.2 Å². The van der Waals surface area contributed by atoms with Gasteiger partial charge in [-0.25, -0.2) is 14.8 Å². The first-order valence-corrected chi connectivity index (χ1v) is 26.2. The van der Waals surface area contributed by atoms with Gasteiger partial charge in [-0.05, 0) is 37.8 Å². The van der Waals surface area contributed by atoms with E-state index in [-0.39, 0.29) is 11.6 Å². The van der Waals surface area contributed by atoms with Gasteiger partial charge in [0.2, 0.25) is 0 Å². The van der Waals surface area contributed by atoms with Crippen molar-refractivity contribution >= 4 is 71.4 Å². The first-order chi connectivity index (χ1) is 24.7. The molecule has 6 N–H and O–H groups in total. The number of hydrogen-bond acceptors (Lipinski definition) is 9. The first-order valence-electron chi connectivity index (χ1n) is 18.9. The number of aromatic carboxylic acids is 1. The van der Waals surface area contributed by atoms with Crippen LogP contribution in [0, 0.1) is 0 Å². The molecule has 4 aliphatic rings. The molecule has 11 nitrogen and oxygen atoms in total. The quantitative estimate of drug-likeness (QED) is 0.117. The summed E-state index contributed by atoms with van der Waals surface area (Å²) in [7, 11) is 1.62. The van der Waals surface area contributed by atoms with Gasteiger partial charge in [0.05, 0.1) is 38.8 Å². The lowest BCUT2D eigenvalue weighted by Gasteiger charge is -2.41. The lowest BCUT2D eigenvalue weighted by atomic mass is 10.1. The molecule has 4 aromatic rings. The number of nitrogens with zero attached hydrogens (tertiary/aromatic N) is 2. The van der Waals surface area contributed by atoms with Crippen molar-refractivity contribution in [1.82, 2.24) is 25.3 Å². The summed E-state index contributed by atoms with van der Waals surface area (Å²) in [5, 5.41) is 13.7. The summed E-state index contributed by atoms with van der Waals surface area (Å²) in [5.74, 6) is -0.951. The minimum Gasteiger partial charge on any atom is -0.477 e. The number of carboxylic acid groups (broad SMARTS) is 1. The van der Waals surface area contributed by atoms with E-state index in [0.717, 1.165) is 25.1 Å². The molecule has 8 rings (SSSR count). The normalized spacial score (nSPS) is 21.6. The van der Waals surface area contributed by atoms with E-state index < -0.39 is 22.1 Å². The van der Waals surface area contributed by atoms with Crippen LogP contribution in [-0.2, 0) is 22.7 Å². The van der Waals surface area contributed by atoms with Crippen LogP contribution in [0.25, 0.3) is 20.7 Å². The molecule has 0 aromatic carbocycles. The maximum Gasteiger partial charge on any atom is 0.352 e. The molecule has 0 aliphatic carbocycles. The number of aromatic amines is 2. The van der Waals surface area contributed by atoms with Crippen molar-refractivity contribution in [3.63, 3.8) is 0 Å². The van der Waals surface area contributed by atoms with Crippen LogP contribution in [0.3, 0.4) is 0 Å². The van der Waals surface area contributed by atoms with E-state index in [1.165, 1.54) is 86.9 Å². The molecule has 4 fully saturated rings. The number of hydrogen-bond donors (Lipinski definition) is 5. The van der Waals surface area contributed by atoms with Crippen molar-refractivity contribution in [2.45, 2.75) is 138 Å². The Balaban J connectivity index is 0.000000145. The molecule has 0 atom stereocenters. The largest absolute Gasteiger partial charge is 0.477 e. The summed E-state index contributed by atoms with van der Waals surface area (Å²) in [6.45, 7) is 0.970. The molecule has 280 valence electrons. The second-order valence-corrected chi connectivity index (χ2v) is 27.6. The van der Waals surface area contributed by atoms with E-state index in [0.29, 0.717) is 36.6 Å². The number of amides is 1. The predicted molar refractivity (Wildman–Crippen MR) is 212 cm³/mol. The van der Waals surface area contributed by atoms with E-state index in [9.17, 15) is 9.59 Å². The number of nitrogens with one attached hydrogen (secondary N) is 3. The summed E-state index contributed by atoms with van der Waals surface area (Å²) in [5.41, 5.74) is 8.15. The van der Waals surface area contributed by atoms with Crippen molar-refractivity contribution in [3.05, 3.63) is 33.5 Å². The SMILES string of the molecule is COCc1nc2[nH]c(C(=O)NC3CC[Si]4(CCCCC4)CC3)cc2s1.COCc1nc2[nH]c(C(=O)O)cc2s1.NC1CC[Si]2(CCCCC2)CC1. The molecule has 1 amide bonds. The van der Waals surface area contributed by atoms with Crippen molar-refractivity contribution in [2.75, 3.05) is 14.2 Å². The molecule has 15 heteroatoms. The van der Waals surface area contributed by atoms with Gasteiger partial charge in [0.25, 0.3) is 5.91 Å². The molecule has 2 spiro atoms. The number of thiazole rings is 2. The average molecular weight is 773 g/mol. The van der Waals surface area contributed by atoms with Gasteiger partial charge in [0.1, 0.15) is 32.7 Å². The van der Waals surface area contributed by atoms with Crippen LogP contribution >= 0.6 is 22.7 Å². The van der Waals surface area contributed by atoms with Crippen LogP contribution in [0.4, 0.5) is 0 Å². The van der Waals surface area contributed by atoms with Gasteiger partial charge < -0.3 is 35.6 Å². The summed E-state index contributed by atoms with van der Waals surface area (Å²) in [4.78, 5) is 37.7. The van der Waals surface area contributed by atoms with E-state index >= 15 is 0 Å². The van der Waals surface area contributed by atoms with E-state index in [2.05, 4.69) is 25.3 Å². The Hall–Kier alpha value is -2.41. The zero-order valence-electron chi connectivity index (χ0n) is 30.3. The molecular formula is C36H56N6O5S2Si2. The number of carbonyl (C=O) groups excluding carboxylic acids is 1. The second-order valence-electron chi connectivity index (χ2n) is 15.4. The highest BCUT2D eigenvalue weighted by atomic mass is 32.1. The first kappa shape index (κ1) is 38.3. The Morgan fingerprint density at radius 3 is 1.67 bits per heavy atom. The molecule has 0 saturated carbocycles. The molecular weight excluding hydrogens is 717 g/mol. The van der Waals surface area contributed by atoms with Crippen LogP contribution in [-0.4, -0.2) is 79.4 Å². The van der Waals surface area contributed by atoms with E-state index in [1.54, 1.807) is 68.6 Å². The van der Waals surface area contributed by atoms with Crippen LogP contribution in [0.2, 0.25) is 48.4 Å². The Bertz CT molecular complexity index is 1660. The number of nitrogens with two attached hydrogens (primary N) is 1. The Kier molecular flexibility index (Phi) is 13.2. The van der Waals surface area contributed by atoms with Crippen molar-refractivity contribution in [3.8, 4) is 0 Å². The van der Waals surface area contributed by atoms with Gasteiger partial charge in [0, 0.05) is 26.3 Å². The lowest BCUT2D eigenvalue weighted by molar-refractivity contribution is 0.0691. The zero-order valence-corrected chi connectivity index (χ0v) is 34.0. The zero-order chi connectivity index (χ0) is 35.8. The molecule has 4 aliphatic heterocycles. The Labute approximate surface area is 310 Å². The molecule has 4 saturated heterocycles. The maximum atomic E-state index is 12.6. The van der Waals surface area contributed by atoms with Gasteiger partial charge in [-0.3, -0.25) is 4.79 Å². The number of aromatic nitrogens is 4. The topological polar surface area (TPSA) is 168 Å². The van der Waals surface area contributed by atoms with E-state index in [1.807, 2.05) is 6.07 Å². The van der Waals surface area contributed by atoms with Crippen molar-refractivity contribution in [1.29, 1.82) is 0 Å². The summed E-state index contributed by atoms with van der Waals surface area (Å²) in [6, 6.07) is 16.7. The van der Waals surface area contributed by atoms with Gasteiger partial charge in [0.15, 0.2) is 0 Å². The van der Waals surface area contributed by atoms with Crippen LogP contribution < -0.4 is 11.1 Å². The van der Waals surface area contributed by atoms with Crippen LogP contribution in [0.15, 0.2) is 12.1 Å². The Morgan fingerprint density at radius 1 is 0.765 bits per heavy atom. The van der Waals surface area contributed by atoms with Gasteiger partial charge in [-0.1, -0.05) is 86.9 Å². The minimum atomic E-state index is -0.969. The predicted octanol–water partition coefficient (Wildman–Crippen LogP) is 8.50. The lowest BCUT2D eigenvalue weighted by Crippen LogP contribution is -2.46. The molecule has 8 heterocycles. The number of H-pyrrole nitrogens is 2. The monoisotopic (exact) mass is 772 g/mol. The number of fused-ring (bicyclic) bond motifs is 2. The average Bonchev–Trinajstić information content (AvgIpc) is 3.90. The number of ether oxygens (including phenoxy) is 2. The Morgan fingerprint density at radius 2 is 1.22 bits per heavy atom. The molecule has 0 unspecified atom stereocenters. The van der Waals surface area contributed by atoms with Crippen molar-refractivity contribution in [2.24, 2.45) is 5.73 Å². The number of carbonyl (C=O) groups is 2. The molecule has 0 bridgehead atoms. The smallest absolute Gasteiger partial charge is 0.352 e. The summed E-state index contributed by atoms with van der Waals surface area (Å²) < 4.78 is 11.9. The maximum absolute atomic E-state index is 12.6. The number of methoxy groups -OCH3 is 2. The standard InChI is InChI=1S/C18H27N3O2SSi.C10H21NSi.C8H8N2O3S/c1-23-12-16-21-17-15(24-16)11-14(20-17)18(22)19-13-5-9-25(10-6-13)7-3-2-4-8-25;11-10-4-8-12(9-5-10)6-2-1-3-7-12;1-13-3-6-10-7-5(14-6)2-4(9-7)8(11)12/h11,13,20H,2-10,12H2,1H3,(H,19,22);10H,1-9,11H2;2,9H,3H2,1H3,(H,11,12). The summed E-state index contributed by atoms with van der Waals surface area (Å²) >= 11 is 3.01. The van der Waals surface area contributed by atoms with Crippen LogP contribution in [0.1, 0.15) is 95.2 Å². The highest BCUT2D eigenvalue weighted by molar-refractivity contribution is 7.18. The van der Waals surface area contributed by atoms with E-state index in [4.69, 9.17) is 20.3 Å². The fourth-order valence-electron chi connectivity index (χ4n) is 8.82.